The zero-order valence-electron chi connectivity index (χ0n) is 34.5. The first-order chi connectivity index (χ1) is 27.6. The number of ether oxygens (including phenoxy) is 2. The van der Waals surface area contributed by atoms with Crippen molar-refractivity contribution in [2.75, 3.05) is 38.6 Å². The van der Waals surface area contributed by atoms with Gasteiger partial charge in [-0.25, -0.2) is 4.39 Å². The number of anilines is 1. The Balaban J connectivity index is 1.36. The zero-order valence-corrected chi connectivity index (χ0v) is 36.2. The van der Waals surface area contributed by atoms with Crippen LogP contribution in [0.1, 0.15) is 88.9 Å². The number of carbonyl (C=O) groups is 6. The quantitative estimate of drug-likeness (QED) is 0.119. The summed E-state index contributed by atoms with van der Waals surface area (Å²) in [5.41, 5.74) is -1.37. The molecule has 15 nitrogen and oxygen atoms in total. The first-order valence-electron chi connectivity index (χ1n) is 19.2. The lowest BCUT2D eigenvalue weighted by atomic mass is 9.98. The zero-order chi connectivity index (χ0) is 43.4. The number of thiophene rings is 1. The molecule has 2 fully saturated rings. The van der Waals surface area contributed by atoms with E-state index >= 15 is 4.39 Å². The molecule has 320 valence electrons. The van der Waals surface area contributed by atoms with Crippen molar-refractivity contribution in [1.82, 2.24) is 15.1 Å². The molecule has 5 rings (SSSR count). The number of halogens is 1. The molecule has 2 saturated heterocycles. The number of likely N-dealkylation sites (N-methyl/N-ethyl adjacent to an activating group) is 1. The van der Waals surface area contributed by atoms with Gasteiger partial charge in [-0.3, -0.25) is 42.4 Å². The van der Waals surface area contributed by atoms with Crippen LogP contribution < -0.4 is 10.2 Å². The molecule has 4 amide bonds. The average Bonchev–Trinajstić information content (AvgIpc) is 3.81. The number of carbonyl (C=O) groups excluding carboxylic acids is 6. The maximum absolute atomic E-state index is 16.3. The molecule has 1 N–H and O–H groups in total. The second-order valence-electron chi connectivity index (χ2n) is 16.6. The summed E-state index contributed by atoms with van der Waals surface area (Å²) in [6.07, 6.45) is 1.46. The average molecular weight is 859 g/mol. The Hall–Kier alpha value is -4.70. The third kappa shape index (κ3) is 10.7. The molecular weight excluding hydrogens is 807 g/mol. The van der Waals surface area contributed by atoms with E-state index in [2.05, 4.69) is 5.32 Å². The molecule has 0 bridgehead atoms. The summed E-state index contributed by atoms with van der Waals surface area (Å²) in [5, 5.41) is 3.18. The predicted molar refractivity (Wildman–Crippen MR) is 218 cm³/mol. The second kappa shape index (κ2) is 18.3. The molecule has 59 heavy (non-hydrogen) atoms. The minimum absolute atomic E-state index is 0.109. The third-order valence-corrected chi connectivity index (χ3v) is 13.0. The van der Waals surface area contributed by atoms with Crippen molar-refractivity contribution in [3.8, 4) is 0 Å². The number of para-hydroxylation sites is 1. The Bertz CT molecular complexity index is 2080. The predicted octanol–water partition coefficient (Wildman–Crippen LogP) is 6.56. The van der Waals surface area contributed by atoms with Gasteiger partial charge in [-0.05, 0) is 102 Å². The Morgan fingerprint density at radius 2 is 1.53 bits per heavy atom. The van der Waals surface area contributed by atoms with Crippen molar-refractivity contribution in [1.29, 1.82) is 0 Å². The number of benzene rings is 2. The van der Waals surface area contributed by atoms with Crippen LogP contribution in [-0.4, -0.2) is 97.2 Å². The molecule has 2 aliphatic rings. The number of nitrogens with one attached hydrogen (secondary N) is 1. The molecule has 3 heterocycles. The topological polar surface area (TPSA) is 178 Å². The maximum Gasteiger partial charge on any atom is 0.374 e. The summed E-state index contributed by atoms with van der Waals surface area (Å²) in [4.78, 5) is 84.1. The summed E-state index contributed by atoms with van der Waals surface area (Å²) in [6, 6.07) is 12.5. The van der Waals surface area contributed by atoms with Crippen LogP contribution in [0.5, 0.6) is 0 Å². The molecular formula is C41H52FN4O11PS. The van der Waals surface area contributed by atoms with E-state index in [1.165, 1.54) is 41.0 Å². The van der Waals surface area contributed by atoms with E-state index in [-0.39, 0.29) is 34.8 Å². The Morgan fingerprint density at radius 1 is 0.915 bits per heavy atom. The highest BCUT2D eigenvalue weighted by atomic mass is 32.1. The molecule has 3 aromatic rings. The molecule has 0 aliphatic carbocycles. The van der Waals surface area contributed by atoms with Gasteiger partial charge in [-0.2, -0.15) is 0 Å². The van der Waals surface area contributed by atoms with Gasteiger partial charge >= 0.3 is 19.5 Å². The highest BCUT2D eigenvalue weighted by Gasteiger charge is 2.46. The number of amides is 4. The third-order valence-electron chi connectivity index (χ3n) is 10.1. The van der Waals surface area contributed by atoms with Gasteiger partial charge in [0.1, 0.15) is 12.1 Å². The fraction of sp³-hybridized carbons (Fsp3) is 0.512. The molecule has 4 atom stereocenters. The van der Waals surface area contributed by atoms with Gasteiger partial charge in [0.15, 0.2) is 0 Å². The largest absolute Gasteiger partial charge is 0.438 e. The molecule has 2 aliphatic heterocycles. The van der Waals surface area contributed by atoms with E-state index < -0.39 is 73.8 Å². The van der Waals surface area contributed by atoms with E-state index in [0.29, 0.717) is 41.6 Å². The van der Waals surface area contributed by atoms with E-state index in [9.17, 15) is 33.3 Å². The normalized spacial score (nSPS) is 19.3. The van der Waals surface area contributed by atoms with Gasteiger partial charge in [0.2, 0.25) is 37.2 Å². The number of hydrogen-bond acceptors (Lipinski definition) is 12. The first-order valence-corrected chi connectivity index (χ1v) is 21.7. The summed E-state index contributed by atoms with van der Waals surface area (Å²) in [7, 11) is -3.18. The van der Waals surface area contributed by atoms with Gasteiger partial charge in [-0.1, -0.05) is 24.3 Å². The van der Waals surface area contributed by atoms with Crippen molar-refractivity contribution in [3.63, 3.8) is 0 Å². The Labute approximate surface area is 347 Å². The fourth-order valence-electron chi connectivity index (χ4n) is 6.65. The number of hydrogen-bond donors (Lipinski definition) is 1. The van der Waals surface area contributed by atoms with Gasteiger partial charge in [-0.15, -0.1) is 11.3 Å². The number of alkyl halides is 1. The lowest BCUT2D eigenvalue weighted by molar-refractivity contribution is -0.162. The van der Waals surface area contributed by atoms with Crippen LogP contribution in [0.4, 0.5) is 10.1 Å². The SMILES string of the molecule is CC(=O)N1CC[C@H]2CC[C@@H](C(=O)N(C)c3ccccc3)N2C(=O)[C@@H](NC(=O)c2cc3cc(C(F)P(=O)(OCOC(=O)C(C)(C)C)OCOC(=O)C(C)(C)C)ccc3s2)C1. The van der Waals surface area contributed by atoms with Gasteiger partial charge in [0.05, 0.1) is 15.7 Å². The van der Waals surface area contributed by atoms with Crippen LogP contribution in [0, 0.1) is 10.8 Å². The summed E-state index contributed by atoms with van der Waals surface area (Å²) in [6.45, 7) is 9.31. The van der Waals surface area contributed by atoms with E-state index in [1.54, 1.807) is 65.6 Å². The summed E-state index contributed by atoms with van der Waals surface area (Å²) >= 11 is 1.06. The highest BCUT2D eigenvalue weighted by Crippen LogP contribution is 2.62. The van der Waals surface area contributed by atoms with Crippen LogP contribution in [-0.2, 0) is 47.1 Å². The van der Waals surface area contributed by atoms with Crippen molar-refractivity contribution >= 4 is 70.3 Å². The molecule has 0 spiro atoms. The van der Waals surface area contributed by atoms with Crippen molar-refractivity contribution in [2.45, 2.75) is 91.8 Å². The number of esters is 2. The fourth-order valence-corrected chi connectivity index (χ4v) is 8.86. The second-order valence-corrected chi connectivity index (χ2v) is 19.8. The van der Waals surface area contributed by atoms with Gasteiger partial charge in [0.25, 0.3) is 5.91 Å². The molecule has 18 heteroatoms. The van der Waals surface area contributed by atoms with E-state index in [0.717, 1.165) is 11.3 Å². The Morgan fingerprint density at radius 3 is 2.10 bits per heavy atom. The first kappa shape index (κ1) is 45.4. The number of fused-ring (bicyclic) bond motifs is 2. The van der Waals surface area contributed by atoms with E-state index in [1.807, 2.05) is 18.2 Å². The van der Waals surface area contributed by atoms with Crippen molar-refractivity contribution < 1.29 is 56.2 Å². The number of rotatable bonds is 12. The lowest BCUT2D eigenvalue weighted by Crippen LogP contribution is -2.61. The molecule has 1 unspecified atom stereocenters. The van der Waals surface area contributed by atoms with Crippen molar-refractivity contribution in [2.24, 2.45) is 10.8 Å². The molecule has 0 saturated carbocycles. The smallest absolute Gasteiger partial charge is 0.374 e. The molecule has 2 aromatic carbocycles. The number of nitrogens with zero attached hydrogens (tertiary/aromatic N) is 3. The monoisotopic (exact) mass is 858 g/mol. The maximum atomic E-state index is 16.3. The molecule has 0 radical (unpaired) electrons. The van der Waals surface area contributed by atoms with E-state index in [4.69, 9.17) is 18.5 Å². The summed E-state index contributed by atoms with van der Waals surface area (Å²) < 4.78 is 51.3. The van der Waals surface area contributed by atoms with Gasteiger partial charge < -0.3 is 29.5 Å². The van der Waals surface area contributed by atoms with Crippen LogP contribution >= 0.6 is 18.9 Å². The van der Waals surface area contributed by atoms with Gasteiger partial charge in [0, 0.05) is 43.5 Å². The lowest BCUT2D eigenvalue weighted by Gasteiger charge is -2.39. The standard InChI is InChI=1S/C41H52FN4O11PS/c1-25(47)45-19-18-29-15-16-31(37(50)44(8)28-12-10-9-11-13-28)46(29)36(49)30(22-45)43-35(48)33-21-27-20-26(14-17-32(27)59-33)34(42)58(53,56-23-54-38(51)40(2,3)4)57-24-55-39(52)41(5,6)7/h9-14,17,20-21,29-31,34H,15-16,18-19,22-24H2,1-8H3,(H,43,48)/t29-,30+,31+,34?/m1/s1. The minimum Gasteiger partial charge on any atom is -0.438 e. The molecule has 1 aromatic heterocycles. The van der Waals surface area contributed by atoms with Crippen LogP contribution in [0.15, 0.2) is 54.6 Å². The van der Waals surface area contributed by atoms with Crippen molar-refractivity contribution in [3.05, 3.63) is 65.0 Å². The van der Waals surface area contributed by atoms with Crippen LogP contribution in [0.25, 0.3) is 10.1 Å². The highest BCUT2D eigenvalue weighted by molar-refractivity contribution is 7.54. The van der Waals surface area contributed by atoms with Crippen LogP contribution in [0.2, 0.25) is 0 Å². The van der Waals surface area contributed by atoms with Crippen LogP contribution in [0.3, 0.4) is 0 Å². The minimum atomic E-state index is -4.84. The summed E-state index contributed by atoms with van der Waals surface area (Å²) in [5.74, 6) is -5.49. The Kier molecular flexibility index (Phi) is 14.1.